The van der Waals surface area contributed by atoms with Gasteiger partial charge in [0, 0.05) is 32.1 Å². The molecule has 4 rings (SSSR count). The Morgan fingerprint density at radius 1 is 1.03 bits per heavy atom. The average Bonchev–Trinajstić information content (AvgIpc) is 2.77. The van der Waals surface area contributed by atoms with E-state index < -0.39 is 0 Å². The summed E-state index contributed by atoms with van der Waals surface area (Å²) >= 11 is 3.60. The lowest BCUT2D eigenvalue weighted by Gasteiger charge is -2.39. The van der Waals surface area contributed by atoms with Crippen molar-refractivity contribution in [2.75, 3.05) is 32.8 Å². The standard InChI is InChI=1S/C24H29BrN2O4/c1-16-13-27(14-17(2)31-16)24(29)19-9-11-26(12-10-19)22(28)15-30-21-8-7-18-5-3-4-6-20(18)23(21)25/h3-8,16-17,19H,9-15H2,1-2H3. The van der Waals surface area contributed by atoms with E-state index in [0.29, 0.717) is 44.8 Å². The molecule has 2 aromatic rings. The van der Waals surface area contributed by atoms with E-state index in [9.17, 15) is 9.59 Å². The van der Waals surface area contributed by atoms with E-state index >= 15 is 0 Å². The van der Waals surface area contributed by atoms with Gasteiger partial charge in [-0.25, -0.2) is 0 Å². The Bertz CT molecular complexity index is 948. The van der Waals surface area contributed by atoms with Crippen molar-refractivity contribution in [1.82, 2.24) is 9.80 Å². The lowest BCUT2D eigenvalue weighted by molar-refractivity contribution is -0.150. The number of piperidine rings is 1. The zero-order valence-corrected chi connectivity index (χ0v) is 19.6. The molecule has 2 atom stereocenters. The van der Waals surface area contributed by atoms with Crippen LogP contribution in [0.1, 0.15) is 26.7 Å². The molecular weight excluding hydrogens is 460 g/mol. The first-order chi connectivity index (χ1) is 14.9. The molecule has 0 N–H and O–H groups in total. The minimum absolute atomic E-state index is 0.00591. The fourth-order valence-corrected chi connectivity index (χ4v) is 5.16. The van der Waals surface area contributed by atoms with Crippen molar-refractivity contribution in [2.45, 2.75) is 38.9 Å². The number of fused-ring (bicyclic) bond motifs is 1. The SMILES string of the molecule is CC1CN(C(=O)C2CCN(C(=O)COc3ccc4ccccc4c3Br)CC2)CC(C)O1. The molecule has 2 amide bonds. The highest BCUT2D eigenvalue weighted by Gasteiger charge is 2.33. The van der Waals surface area contributed by atoms with Gasteiger partial charge >= 0.3 is 0 Å². The first-order valence-electron chi connectivity index (χ1n) is 10.9. The van der Waals surface area contributed by atoms with Gasteiger partial charge in [-0.15, -0.1) is 0 Å². The molecule has 0 aliphatic carbocycles. The van der Waals surface area contributed by atoms with Crippen molar-refractivity contribution in [3.8, 4) is 5.75 Å². The van der Waals surface area contributed by atoms with E-state index in [-0.39, 0.29) is 36.5 Å². The van der Waals surface area contributed by atoms with Crippen molar-refractivity contribution in [2.24, 2.45) is 5.92 Å². The average molecular weight is 489 g/mol. The Morgan fingerprint density at radius 3 is 2.42 bits per heavy atom. The third-order valence-corrected chi connectivity index (χ3v) is 6.93. The van der Waals surface area contributed by atoms with E-state index in [0.717, 1.165) is 15.2 Å². The number of amides is 2. The number of hydrogen-bond acceptors (Lipinski definition) is 4. The lowest BCUT2D eigenvalue weighted by Crippen LogP contribution is -2.52. The molecule has 0 aromatic heterocycles. The maximum absolute atomic E-state index is 12.9. The van der Waals surface area contributed by atoms with Gasteiger partial charge in [-0.3, -0.25) is 9.59 Å². The van der Waals surface area contributed by atoms with Gasteiger partial charge in [-0.1, -0.05) is 30.3 Å². The van der Waals surface area contributed by atoms with Crippen LogP contribution in [0.4, 0.5) is 0 Å². The van der Waals surface area contributed by atoms with E-state index in [1.165, 1.54) is 0 Å². The fraction of sp³-hybridized carbons (Fsp3) is 0.500. The molecule has 6 nitrogen and oxygen atoms in total. The summed E-state index contributed by atoms with van der Waals surface area (Å²) < 4.78 is 12.4. The Labute approximate surface area is 191 Å². The van der Waals surface area contributed by atoms with Gasteiger partial charge < -0.3 is 19.3 Å². The Morgan fingerprint density at radius 2 is 1.71 bits per heavy atom. The number of morpholine rings is 1. The van der Waals surface area contributed by atoms with Gasteiger partial charge in [-0.05, 0) is 59.5 Å². The summed E-state index contributed by atoms with van der Waals surface area (Å²) in [5.74, 6) is 0.801. The summed E-state index contributed by atoms with van der Waals surface area (Å²) in [6.45, 7) is 6.48. The zero-order valence-electron chi connectivity index (χ0n) is 18.1. The van der Waals surface area contributed by atoms with Crippen molar-refractivity contribution in [3.63, 3.8) is 0 Å². The minimum Gasteiger partial charge on any atom is -0.483 e. The first-order valence-corrected chi connectivity index (χ1v) is 11.7. The summed E-state index contributed by atoms with van der Waals surface area (Å²) in [4.78, 5) is 29.3. The molecule has 7 heteroatoms. The number of carbonyl (C=O) groups is 2. The number of rotatable bonds is 4. The van der Waals surface area contributed by atoms with Crippen LogP contribution >= 0.6 is 15.9 Å². The summed E-state index contributed by atoms with van der Waals surface area (Å²) in [6, 6.07) is 11.9. The maximum Gasteiger partial charge on any atom is 0.260 e. The molecule has 2 fully saturated rings. The molecular formula is C24H29BrN2O4. The van der Waals surface area contributed by atoms with Gasteiger partial charge in [0.15, 0.2) is 6.61 Å². The second-order valence-corrected chi connectivity index (χ2v) is 9.34. The number of carbonyl (C=O) groups excluding carboxylic acids is 2. The highest BCUT2D eigenvalue weighted by molar-refractivity contribution is 9.10. The molecule has 2 aliphatic rings. The highest BCUT2D eigenvalue weighted by atomic mass is 79.9. The van der Waals surface area contributed by atoms with E-state index in [1.54, 1.807) is 0 Å². The van der Waals surface area contributed by atoms with Crippen LogP contribution in [-0.4, -0.2) is 66.6 Å². The van der Waals surface area contributed by atoms with Gasteiger partial charge in [0.2, 0.25) is 5.91 Å². The third kappa shape index (κ3) is 5.04. The fourth-order valence-electron chi connectivity index (χ4n) is 4.55. The minimum atomic E-state index is -0.0421. The largest absolute Gasteiger partial charge is 0.483 e. The third-order valence-electron chi connectivity index (χ3n) is 6.11. The van der Waals surface area contributed by atoms with Crippen LogP contribution in [-0.2, 0) is 14.3 Å². The molecule has 31 heavy (non-hydrogen) atoms. The molecule has 2 heterocycles. The predicted octanol–water partition coefficient (Wildman–Crippen LogP) is 3.86. The Balaban J connectivity index is 1.29. The smallest absolute Gasteiger partial charge is 0.260 e. The van der Waals surface area contributed by atoms with Crippen LogP contribution in [0.2, 0.25) is 0 Å². The molecule has 2 unspecified atom stereocenters. The normalized spacial score (nSPS) is 22.5. The Hall–Kier alpha value is -2.12. The predicted molar refractivity (Wildman–Crippen MR) is 123 cm³/mol. The van der Waals surface area contributed by atoms with Crippen LogP contribution in [0.15, 0.2) is 40.9 Å². The number of likely N-dealkylation sites (tertiary alicyclic amines) is 1. The van der Waals surface area contributed by atoms with Crippen molar-refractivity contribution < 1.29 is 19.1 Å². The number of benzene rings is 2. The molecule has 0 spiro atoms. The molecule has 2 aliphatic heterocycles. The van der Waals surface area contributed by atoms with Crippen molar-refractivity contribution >= 4 is 38.5 Å². The van der Waals surface area contributed by atoms with Gasteiger partial charge in [0.05, 0.1) is 16.7 Å². The first kappa shape index (κ1) is 22.1. The maximum atomic E-state index is 12.9. The summed E-state index contributed by atoms with van der Waals surface area (Å²) in [5.41, 5.74) is 0. The highest BCUT2D eigenvalue weighted by Crippen LogP contribution is 2.33. The second-order valence-electron chi connectivity index (χ2n) is 8.54. The second kappa shape index (κ2) is 9.57. The van der Waals surface area contributed by atoms with E-state index in [1.807, 2.05) is 60.0 Å². The number of ether oxygens (including phenoxy) is 2. The quantitative estimate of drug-likeness (QED) is 0.655. The van der Waals surface area contributed by atoms with Crippen LogP contribution in [0.3, 0.4) is 0 Å². The lowest BCUT2D eigenvalue weighted by atomic mass is 9.94. The van der Waals surface area contributed by atoms with Gasteiger partial charge in [0.1, 0.15) is 5.75 Å². The number of hydrogen-bond donors (Lipinski definition) is 0. The molecule has 2 aromatic carbocycles. The molecule has 166 valence electrons. The molecule has 0 bridgehead atoms. The molecule has 0 saturated carbocycles. The van der Waals surface area contributed by atoms with Crippen LogP contribution < -0.4 is 4.74 Å². The molecule has 0 radical (unpaired) electrons. The van der Waals surface area contributed by atoms with E-state index in [4.69, 9.17) is 9.47 Å². The monoisotopic (exact) mass is 488 g/mol. The zero-order chi connectivity index (χ0) is 22.0. The van der Waals surface area contributed by atoms with Crippen molar-refractivity contribution in [1.29, 1.82) is 0 Å². The number of halogens is 1. The molecule has 2 saturated heterocycles. The van der Waals surface area contributed by atoms with Crippen LogP contribution in [0.5, 0.6) is 5.75 Å². The summed E-state index contributed by atoms with van der Waals surface area (Å²) in [7, 11) is 0. The number of nitrogens with zero attached hydrogens (tertiary/aromatic N) is 2. The van der Waals surface area contributed by atoms with Crippen molar-refractivity contribution in [3.05, 3.63) is 40.9 Å². The van der Waals surface area contributed by atoms with E-state index in [2.05, 4.69) is 15.9 Å². The topological polar surface area (TPSA) is 59.1 Å². The van der Waals surface area contributed by atoms with Crippen LogP contribution in [0, 0.1) is 5.92 Å². The Kier molecular flexibility index (Phi) is 6.82. The van der Waals surface area contributed by atoms with Gasteiger partial charge in [0.25, 0.3) is 5.91 Å². The summed E-state index contributed by atoms with van der Waals surface area (Å²) in [6.07, 6.45) is 1.54. The van der Waals surface area contributed by atoms with Crippen LogP contribution in [0.25, 0.3) is 10.8 Å². The summed E-state index contributed by atoms with van der Waals surface area (Å²) in [5, 5.41) is 2.17. The van der Waals surface area contributed by atoms with Gasteiger partial charge in [-0.2, -0.15) is 0 Å².